The van der Waals surface area contributed by atoms with Crippen LogP contribution in [0, 0.1) is 17.8 Å². The number of pyridine rings is 1. The van der Waals surface area contributed by atoms with Gasteiger partial charge in [0, 0.05) is 17.9 Å². The van der Waals surface area contributed by atoms with Crippen LogP contribution in [0.3, 0.4) is 0 Å². The Balaban J connectivity index is 1.99. The predicted molar refractivity (Wildman–Crippen MR) is 90.3 cm³/mol. The van der Waals surface area contributed by atoms with Crippen molar-refractivity contribution in [1.82, 2.24) is 10.3 Å². The van der Waals surface area contributed by atoms with E-state index in [2.05, 4.69) is 50.1 Å². The summed E-state index contributed by atoms with van der Waals surface area (Å²) in [7, 11) is 0. The number of nitrogens with zero attached hydrogens (tertiary/aromatic N) is 1. The van der Waals surface area contributed by atoms with Crippen LogP contribution in [0.15, 0.2) is 24.5 Å². The highest BCUT2D eigenvalue weighted by atomic mass is 14.9. The third-order valence-electron chi connectivity index (χ3n) is 4.94. The summed E-state index contributed by atoms with van der Waals surface area (Å²) in [5, 5.41) is 3.72. The molecule has 118 valence electrons. The van der Waals surface area contributed by atoms with E-state index in [9.17, 15) is 0 Å². The Kier molecular flexibility index (Phi) is 5.80. The number of hydrogen-bond acceptors (Lipinski definition) is 2. The monoisotopic (exact) mass is 288 g/mol. The van der Waals surface area contributed by atoms with E-state index in [4.69, 9.17) is 0 Å². The van der Waals surface area contributed by atoms with E-state index in [1.807, 2.05) is 12.4 Å². The fourth-order valence-corrected chi connectivity index (χ4v) is 3.57. The SMILES string of the molecule is CCC1CCC(CNC(C)(C)C)C(Cc2cccnc2)C1. The topological polar surface area (TPSA) is 24.9 Å². The normalized spacial score (nSPS) is 26.8. The van der Waals surface area contributed by atoms with Gasteiger partial charge in [-0.25, -0.2) is 0 Å². The Labute approximate surface area is 130 Å². The smallest absolute Gasteiger partial charge is 0.0299 e. The lowest BCUT2D eigenvalue weighted by molar-refractivity contribution is 0.163. The van der Waals surface area contributed by atoms with Gasteiger partial charge in [-0.3, -0.25) is 4.98 Å². The highest BCUT2D eigenvalue weighted by Gasteiger charge is 2.30. The molecule has 2 nitrogen and oxygen atoms in total. The van der Waals surface area contributed by atoms with Crippen LogP contribution in [0.5, 0.6) is 0 Å². The van der Waals surface area contributed by atoms with Crippen molar-refractivity contribution < 1.29 is 0 Å². The zero-order valence-corrected chi connectivity index (χ0v) is 14.2. The Hall–Kier alpha value is -0.890. The fraction of sp³-hybridized carbons (Fsp3) is 0.737. The molecule has 21 heavy (non-hydrogen) atoms. The first-order valence-electron chi connectivity index (χ1n) is 8.62. The molecule has 0 saturated heterocycles. The second-order valence-electron chi connectivity index (χ2n) is 7.80. The zero-order chi connectivity index (χ0) is 15.3. The second kappa shape index (κ2) is 7.40. The first-order chi connectivity index (χ1) is 9.98. The number of nitrogens with one attached hydrogen (secondary N) is 1. The van der Waals surface area contributed by atoms with Crippen molar-refractivity contribution in [1.29, 1.82) is 0 Å². The van der Waals surface area contributed by atoms with Crippen molar-refractivity contribution in [3.05, 3.63) is 30.1 Å². The molecule has 3 unspecified atom stereocenters. The summed E-state index contributed by atoms with van der Waals surface area (Å²) in [6, 6.07) is 4.30. The molecule has 0 aromatic carbocycles. The molecule has 1 aliphatic carbocycles. The van der Waals surface area contributed by atoms with Crippen LogP contribution in [0.1, 0.15) is 58.9 Å². The summed E-state index contributed by atoms with van der Waals surface area (Å²) >= 11 is 0. The van der Waals surface area contributed by atoms with Crippen LogP contribution < -0.4 is 5.32 Å². The summed E-state index contributed by atoms with van der Waals surface area (Å²) in [5.41, 5.74) is 1.63. The summed E-state index contributed by atoms with van der Waals surface area (Å²) in [6.07, 6.45) is 10.6. The molecule has 2 rings (SSSR count). The average Bonchev–Trinajstić information content (AvgIpc) is 2.46. The van der Waals surface area contributed by atoms with Gasteiger partial charge in [-0.1, -0.05) is 25.8 Å². The van der Waals surface area contributed by atoms with Crippen LogP contribution in [0.25, 0.3) is 0 Å². The Bertz CT molecular complexity index is 407. The molecule has 0 aliphatic heterocycles. The lowest BCUT2D eigenvalue weighted by atomic mass is 9.71. The maximum absolute atomic E-state index is 4.28. The minimum absolute atomic E-state index is 0.223. The molecule has 2 heteroatoms. The third-order valence-corrected chi connectivity index (χ3v) is 4.94. The van der Waals surface area contributed by atoms with E-state index in [-0.39, 0.29) is 5.54 Å². The van der Waals surface area contributed by atoms with Crippen molar-refractivity contribution in [3.8, 4) is 0 Å². The van der Waals surface area contributed by atoms with Crippen LogP contribution in [-0.4, -0.2) is 17.1 Å². The maximum atomic E-state index is 4.28. The van der Waals surface area contributed by atoms with Crippen molar-refractivity contribution in [2.75, 3.05) is 6.54 Å². The molecule has 0 bridgehead atoms. The fourth-order valence-electron chi connectivity index (χ4n) is 3.57. The van der Waals surface area contributed by atoms with Crippen LogP contribution in [0.2, 0.25) is 0 Å². The molecule has 0 amide bonds. The highest BCUT2D eigenvalue weighted by molar-refractivity contribution is 5.10. The van der Waals surface area contributed by atoms with Gasteiger partial charge in [0.05, 0.1) is 0 Å². The molecule has 1 N–H and O–H groups in total. The quantitative estimate of drug-likeness (QED) is 0.865. The van der Waals surface area contributed by atoms with E-state index < -0.39 is 0 Å². The van der Waals surface area contributed by atoms with Gasteiger partial charge in [0.1, 0.15) is 0 Å². The van der Waals surface area contributed by atoms with Crippen LogP contribution in [-0.2, 0) is 6.42 Å². The van der Waals surface area contributed by atoms with Crippen molar-refractivity contribution in [2.24, 2.45) is 17.8 Å². The Morgan fingerprint density at radius 1 is 1.24 bits per heavy atom. The van der Waals surface area contributed by atoms with Gasteiger partial charge < -0.3 is 5.32 Å². The maximum Gasteiger partial charge on any atom is 0.0299 e. The minimum atomic E-state index is 0.223. The van der Waals surface area contributed by atoms with Gasteiger partial charge in [-0.15, -0.1) is 0 Å². The standard InChI is InChI=1S/C19H32N2/c1-5-15-8-9-17(14-21-19(2,3)4)18(11-15)12-16-7-6-10-20-13-16/h6-7,10,13,15,17-18,21H,5,8-9,11-12,14H2,1-4H3. The van der Waals surface area contributed by atoms with Gasteiger partial charge in [-0.05, 0) is 76.0 Å². The summed E-state index contributed by atoms with van der Waals surface area (Å²) in [4.78, 5) is 4.28. The third kappa shape index (κ3) is 5.43. The molecule has 1 aliphatic rings. The first-order valence-corrected chi connectivity index (χ1v) is 8.62. The lowest BCUT2D eigenvalue weighted by Crippen LogP contribution is -2.42. The van der Waals surface area contributed by atoms with E-state index in [1.54, 1.807) is 0 Å². The van der Waals surface area contributed by atoms with Gasteiger partial charge in [0.15, 0.2) is 0 Å². The van der Waals surface area contributed by atoms with E-state index in [1.165, 1.54) is 37.7 Å². The Morgan fingerprint density at radius 3 is 2.67 bits per heavy atom. The first kappa shape index (κ1) is 16.5. The molecule has 1 fully saturated rings. The van der Waals surface area contributed by atoms with Crippen LogP contribution >= 0.6 is 0 Å². The zero-order valence-electron chi connectivity index (χ0n) is 14.2. The summed E-state index contributed by atoms with van der Waals surface area (Å²) in [5.74, 6) is 2.55. The molecule has 1 saturated carbocycles. The number of rotatable bonds is 5. The molecule has 1 aromatic heterocycles. The number of aromatic nitrogens is 1. The van der Waals surface area contributed by atoms with Crippen molar-refractivity contribution >= 4 is 0 Å². The van der Waals surface area contributed by atoms with Crippen molar-refractivity contribution in [3.63, 3.8) is 0 Å². The van der Waals surface area contributed by atoms with Crippen LogP contribution in [0.4, 0.5) is 0 Å². The molecule has 1 aromatic rings. The second-order valence-corrected chi connectivity index (χ2v) is 7.80. The van der Waals surface area contributed by atoms with Gasteiger partial charge in [0.2, 0.25) is 0 Å². The average molecular weight is 288 g/mol. The Morgan fingerprint density at radius 2 is 2.05 bits per heavy atom. The molecule has 0 radical (unpaired) electrons. The van der Waals surface area contributed by atoms with E-state index >= 15 is 0 Å². The summed E-state index contributed by atoms with van der Waals surface area (Å²) in [6.45, 7) is 10.3. The summed E-state index contributed by atoms with van der Waals surface area (Å²) < 4.78 is 0. The molecule has 0 spiro atoms. The minimum Gasteiger partial charge on any atom is -0.312 e. The van der Waals surface area contributed by atoms with Gasteiger partial charge >= 0.3 is 0 Å². The van der Waals surface area contributed by atoms with Gasteiger partial charge in [0.25, 0.3) is 0 Å². The van der Waals surface area contributed by atoms with Gasteiger partial charge in [-0.2, -0.15) is 0 Å². The van der Waals surface area contributed by atoms with E-state index in [0.717, 1.165) is 24.3 Å². The molecular weight excluding hydrogens is 256 g/mol. The molecule has 1 heterocycles. The molecule has 3 atom stereocenters. The lowest BCUT2D eigenvalue weighted by Gasteiger charge is -2.38. The highest BCUT2D eigenvalue weighted by Crippen LogP contribution is 2.37. The predicted octanol–water partition coefficient (Wildman–Crippen LogP) is 4.45. The largest absolute Gasteiger partial charge is 0.312 e. The van der Waals surface area contributed by atoms with Crippen molar-refractivity contribution in [2.45, 2.75) is 65.3 Å². The number of hydrogen-bond donors (Lipinski definition) is 1. The molecular formula is C19H32N2. The van der Waals surface area contributed by atoms with E-state index in [0.29, 0.717) is 0 Å².